The van der Waals surface area contributed by atoms with E-state index in [-0.39, 0.29) is 11.3 Å². The molecule has 0 atom stereocenters. The molecule has 0 saturated heterocycles. The molecule has 0 bridgehead atoms. The highest BCUT2D eigenvalue weighted by Crippen LogP contribution is 2.20. The fourth-order valence-electron chi connectivity index (χ4n) is 1.35. The zero-order valence-corrected chi connectivity index (χ0v) is 11.6. The normalized spacial score (nSPS) is 11.5. The standard InChI is InChI=1S/C12H18BrNO2/c1-9-4-7-16-10(9)11(15)14-8-12(2,3)5-6-13/h4,7H,5-6,8H2,1-3H3,(H,14,15). The predicted molar refractivity (Wildman–Crippen MR) is 68.0 cm³/mol. The second kappa shape index (κ2) is 5.53. The average molecular weight is 288 g/mol. The van der Waals surface area contributed by atoms with Crippen molar-refractivity contribution in [2.24, 2.45) is 5.41 Å². The van der Waals surface area contributed by atoms with Crippen LogP contribution in [-0.4, -0.2) is 17.8 Å². The van der Waals surface area contributed by atoms with Crippen molar-refractivity contribution >= 4 is 21.8 Å². The molecular formula is C12H18BrNO2. The Kier molecular flexibility index (Phi) is 4.59. The summed E-state index contributed by atoms with van der Waals surface area (Å²) in [6.07, 6.45) is 2.55. The van der Waals surface area contributed by atoms with Crippen LogP contribution >= 0.6 is 15.9 Å². The summed E-state index contributed by atoms with van der Waals surface area (Å²) < 4.78 is 5.13. The highest BCUT2D eigenvalue weighted by atomic mass is 79.9. The van der Waals surface area contributed by atoms with Crippen LogP contribution in [0.3, 0.4) is 0 Å². The summed E-state index contributed by atoms with van der Waals surface area (Å²) in [4.78, 5) is 11.8. The zero-order chi connectivity index (χ0) is 12.2. The van der Waals surface area contributed by atoms with Crippen LogP contribution in [0.5, 0.6) is 0 Å². The first kappa shape index (κ1) is 13.3. The molecule has 1 heterocycles. The summed E-state index contributed by atoms with van der Waals surface area (Å²) in [6, 6.07) is 1.79. The molecule has 0 aromatic carbocycles. The lowest BCUT2D eigenvalue weighted by Crippen LogP contribution is -2.34. The average Bonchev–Trinajstić information content (AvgIpc) is 2.61. The van der Waals surface area contributed by atoms with E-state index in [4.69, 9.17) is 4.42 Å². The van der Waals surface area contributed by atoms with Gasteiger partial charge in [-0.1, -0.05) is 29.8 Å². The Hall–Kier alpha value is -0.770. The number of hydrogen-bond donors (Lipinski definition) is 1. The number of aryl methyl sites for hydroxylation is 1. The number of hydrogen-bond acceptors (Lipinski definition) is 2. The van der Waals surface area contributed by atoms with Gasteiger partial charge in [-0.05, 0) is 24.8 Å². The van der Waals surface area contributed by atoms with E-state index < -0.39 is 0 Å². The molecule has 4 heteroatoms. The monoisotopic (exact) mass is 287 g/mol. The number of carbonyl (C=O) groups is 1. The van der Waals surface area contributed by atoms with E-state index in [0.717, 1.165) is 17.3 Å². The molecule has 1 aromatic heterocycles. The van der Waals surface area contributed by atoms with Gasteiger partial charge in [0.15, 0.2) is 5.76 Å². The van der Waals surface area contributed by atoms with Crippen LogP contribution in [-0.2, 0) is 0 Å². The van der Waals surface area contributed by atoms with Gasteiger partial charge in [0.1, 0.15) is 0 Å². The van der Waals surface area contributed by atoms with Crippen molar-refractivity contribution in [3.63, 3.8) is 0 Å². The van der Waals surface area contributed by atoms with Crippen LogP contribution in [0, 0.1) is 12.3 Å². The second-order valence-corrected chi connectivity index (χ2v) is 5.51. The molecule has 0 spiro atoms. The summed E-state index contributed by atoms with van der Waals surface area (Å²) in [5.74, 6) is 0.278. The minimum Gasteiger partial charge on any atom is -0.459 e. The molecular weight excluding hydrogens is 270 g/mol. The number of amides is 1. The summed E-state index contributed by atoms with van der Waals surface area (Å²) in [5, 5.41) is 3.84. The minimum atomic E-state index is -0.134. The number of carbonyl (C=O) groups excluding carboxylic acids is 1. The topological polar surface area (TPSA) is 42.2 Å². The molecule has 1 rings (SSSR count). The van der Waals surface area contributed by atoms with E-state index in [1.165, 1.54) is 6.26 Å². The van der Waals surface area contributed by atoms with Crippen LogP contribution in [0.1, 0.15) is 36.4 Å². The minimum absolute atomic E-state index is 0.0969. The summed E-state index contributed by atoms with van der Waals surface area (Å²) >= 11 is 3.41. The first-order chi connectivity index (χ1) is 7.46. The van der Waals surface area contributed by atoms with Gasteiger partial charge >= 0.3 is 0 Å². The lowest BCUT2D eigenvalue weighted by Gasteiger charge is -2.23. The van der Waals surface area contributed by atoms with Crippen molar-refractivity contribution in [3.05, 3.63) is 23.7 Å². The van der Waals surface area contributed by atoms with Crippen LogP contribution in [0.25, 0.3) is 0 Å². The maximum atomic E-state index is 11.8. The first-order valence-corrected chi connectivity index (χ1v) is 6.47. The number of alkyl halides is 1. The van der Waals surface area contributed by atoms with Crippen molar-refractivity contribution in [3.8, 4) is 0 Å². The third-order valence-corrected chi connectivity index (χ3v) is 2.96. The van der Waals surface area contributed by atoms with E-state index in [1.807, 2.05) is 6.92 Å². The number of rotatable bonds is 5. The van der Waals surface area contributed by atoms with Crippen molar-refractivity contribution in [2.75, 3.05) is 11.9 Å². The van der Waals surface area contributed by atoms with E-state index >= 15 is 0 Å². The molecule has 0 aliphatic heterocycles. The van der Waals surface area contributed by atoms with E-state index in [2.05, 4.69) is 35.1 Å². The smallest absolute Gasteiger partial charge is 0.287 e. The van der Waals surface area contributed by atoms with Gasteiger partial charge in [0, 0.05) is 17.4 Å². The molecule has 0 aliphatic rings. The fourth-order valence-corrected chi connectivity index (χ4v) is 2.42. The van der Waals surface area contributed by atoms with E-state index in [0.29, 0.717) is 12.3 Å². The predicted octanol–water partition coefficient (Wildman–Crippen LogP) is 3.13. The van der Waals surface area contributed by atoms with Crippen LogP contribution in [0.2, 0.25) is 0 Å². The highest BCUT2D eigenvalue weighted by molar-refractivity contribution is 9.09. The molecule has 1 amide bonds. The Labute approximate surface area is 105 Å². The molecule has 16 heavy (non-hydrogen) atoms. The van der Waals surface area contributed by atoms with Gasteiger partial charge in [-0.25, -0.2) is 0 Å². The number of furan rings is 1. The van der Waals surface area contributed by atoms with Crippen LogP contribution in [0.15, 0.2) is 16.7 Å². The SMILES string of the molecule is Cc1ccoc1C(=O)NCC(C)(C)CCBr. The summed E-state index contributed by atoms with van der Waals surface area (Å²) in [5.41, 5.74) is 0.968. The maximum absolute atomic E-state index is 11.8. The molecule has 0 unspecified atom stereocenters. The van der Waals surface area contributed by atoms with Crippen molar-refractivity contribution in [2.45, 2.75) is 27.2 Å². The van der Waals surface area contributed by atoms with Gasteiger partial charge in [-0.3, -0.25) is 4.79 Å². The van der Waals surface area contributed by atoms with Gasteiger partial charge < -0.3 is 9.73 Å². The fraction of sp³-hybridized carbons (Fsp3) is 0.583. The van der Waals surface area contributed by atoms with Gasteiger partial charge in [-0.15, -0.1) is 0 Å². The lowest BCUT2D eigenvalue weighted by molar-refractivity contribution is 0.0907. The summed E-state index contributed by atoms with van der Waals surface area (Å²) in [7, 11) is 0. The Balaban J connectivity index is 2.51. The maximum Gasteiger partial charge on any atom is 0.287 e. The van der Waals surface area contributed by atoms with Crippen molar-refractivity contribution in [1.29, 1.82) is 0 Å². The van der Waals surface area contributed by atoms with Gasteiger partial charge in [0.05, 0.1) is 6.26 Å². The second-order valence-electron chi connectivity index (χ2n) is 4.72. The van der Waals surface area contributed by atoms with Crippen molar-refractivity contribution in [1.82, 2.24) is 5.32 Å². The molecule has 1 N–H and O–H groups in total. The quantitative estimate of drug-likeness (QED) is 0.846. The Morgan fingerprint density at radius 1 is 1.56 bits per heavy atom. The number of halogens is 1. The Morgan fingerprint density at radius 2 is 2.25 bits per heavy atom. The molecule has 0 fully saturated rings. The first-order valence-electron chi connectivity index (χ1n) is 5.34. The molecule has 0 aliphatic carbocycles. The van der Waals surface area contributed by atoms with Crippen molar-refractivity contribution < 1.29 is 9.21 Å². The van der Waals surface area contributed by atoms with E-state index in [1.54, 1.807) is 6.07 Å². The number of nitrogens with one attached hydrogen (secondary N) is 1. The Morgan fingerprint density at radius 3 is 2.75 bits per heavy atom. The third-order valence-electron chi connectivity index (χ3n) is 2.57. The Bertz CT molecular complexity index is 358. The molecule has 0 saturated carbocycles. The summed E-state index contributed by atoms with van der Waals surface area (Å²) in [6.45, 7) is 6.77. The highest BCUT2D eigenvalue weighted by Gasteiger charge is 2.20. The molecule has 1 aromatic rings. The van der Waals surface area contributed by atoms with Crippen LogP contribution in [0.4, 0.5) is 0 Å². The van der Waals surface area contributed by atoms with Gasteiger partial charge in [0.25, 0.3) is 5.91 Å². The van der Waals surface area contributed by atoms with Gasteiger partial charge in [0.2, 0.25) is 0 Å². The largest absolute Gasteiger partial charge is 0.459 e. The molecule has 0 radical (unpaired) electrons. The van der Waals surface area contributed by atoms with Gasteiger partial charge in [-0.2, -0.15) is 0 Å². The molecule has 90 valence electrons. The molecule has 3 nitrogen and oxygen atoms in total. The zero-order valence-electron chi connectivity index (χ0n) is 9.97. The van der Waals surface area contributed by atoms with Crippen LogP contribution < -0.4 is 5.32 Å². The van der Waals surface area contributed by atoms with E-state index in [9.17, 15) is 4.79 Å². The lowest BCUT2D eigenvalue weighted by atomic mass is 9.90. The third kappa shape index (κ3) is 3.67.